The number of carboxylic acids is 1. The Kier molecular flexibility index (Phi) is 3.21. The van der Waals surface area contributed by atoms with Gasteiger partial charge in [0.1, 0.15) is 5.82 Å². The molecule has 110 valence electrons. The second-order valence-corrected chi connectivity index (χ2v) is 4.63. The summed E-state index contributed by atoms with van der Waals surface area (Å²) >= 11 is 0. The Bertz CT molecular complexity index is 946. The topological polar surface area (TPSA) is 59.3 Å². The molecule has 0 bridgehead atoms. The summed E-state index contributed by atoms with van der Waals surface area (Å²) < 4.78 is 28.6. The van der Waals surface area contributed by atoms with E-state index in [1.54, 1.807) is 12.1 Å². The Labute approximate surface area is 122 Å². The zero-order chi connectivity index (χ0) is 15.9. The maximum Gasteiger partial charge on any atom is 0.344 e. The van der Waals surface area contributed by atoms with E-state index in [1.165, 1.54) is 24.3 Å². The van der Waals surface area contributed by atoms with E-state index in [4.69, 9.17) is 5.11 Å². The predicted molar refractivity (Wildman–Crippen MR) is 76.4 cm³/mol. The SMILES string of the molecule is O=C(O)c1c(F)n(-c2ccc(F)cc2)c2ccccc2c1=O. The van der Waals surface area contributed by atoms with Crippen molar-refractivity contribution in [3.63, 3.8) is 0 Å². The molecule has 0 fully saturated rings. The molecule has 0 atom stereocenters. The van der Waals surface area contributed by atoms with Crippen molar-refractivity contribution in [1.82, 2.24) is 4.57 Å². The quantitative estimate of drug-likeness (QED) is 0.740. The largest absolute Gasteiger partial charge is 0.477 e. The number of para-hydroxylation sites is 1. The summed E-state index contributed by atoms with van der Waals surface area (Å²) in [6, 6.07) is 10.9. The Morgan fingerprint density at radius 2 is 1.64 bits per heavy atom. The maximum absolute atomic E-state index is 14.6. The van der Waals surface area contributed by atoms with Crippen LogP contribution in [0.25, 0.3) is 16.6 Å². The molecule has 0 saturated heterocycles. The number of pyridine rings is 1. The zero-order valence-electron chi connectivity index (χ0n) is 11.1. The lowest BCUT2D eigenvalue weighted by molar-refractivity contribution is 0.0689. The van der Waals surface area contributed by atoms with E-state index in [2.05, 4.69) is 0 Å². The molecular weight excluding hydrogens is 292 g/mol. The number of carboxylic acid groups (broad SMARTS) is 1. The number of benzene rings is 2. The smallest absolute Gasteiger partial charge is 0.344 e. The Morgan fingerprint density at radius 1 is 1.00 bits per heavy atom. The third kappa shape index (κ3) is 2.05. The number of nitrogens with zero attached hydrogens (tertiary/aromatic N) is 1. The first-order chi connectivity index (χ1) is 10.5. The molecule has 22 heavy (non-hydrogen) atoms. The highest BCUT2D eigenvalue weighted by atomic mass is 19.1. The van der Waals surface area contributed by atoms with Gasteiger partial charge in [0.2, 0.25) is 11.4 Å². The predicted octanol–water partition coefficient (Wildman–Crippen LogP) is 2.97. The van der Waals surface area contributed by atoms with Crippen molar-refractivity contribution in [2.75, 3.05) is 0 Å². The number of aromatic nitrogens is 1. The highest BCUT2D eigenvalue weighted by Gasteiger charge is 2.22. The minimum atomic E-state index is -1.65. The van der Waals surface area contributed by atoms with Crippen LogP contribution in [0.4, 0.5) is 8.78 Å². The normalized spacial score (nSPS) is 10.8. The van der Waals surface area contributed by atoms with E-state index in [1.807, 2.05) is 0 Å². The van der Waals surface area contributed by atoms with E-state index in [0.717, 1.165) is 16.7 Å². The highest BCUT2D eigenvalue weighted by Crippen LogP contribution is 2.21. The van der Waals surface area contributed by atoms with Crippen molar-refractivity contribution in [3.8, 4) is 5.69 Å². The molecule has 0 unspecified atom stereocenters. The first-order valence-corrected chi connectivity index (χ1v) is 6.33. The van der Waals surface area contributed by atoms with E-state index < -0.39 is 28.7 Å². The number of rotatable bonds is 2. The van der Waals surface area contributed by atoms with Gasteiger partial charge in [0.25, 0.3) is 0 Å². The Balaban J connectivity index is 2.50. The molecule has 1 heterocycles. The van der Waals surface area contributed by atoms with Crippen molar-refractivity contribution >= 4 is 16.9 Å². The second-order valence-electron chi connectivity index (χ2n) is 4.63. The number of carbonyl (C=O) groups is 1. The molecule has 0 saturated carbocycles. The summed E-state index contributed by atoms with van der Waals surface area (Å²) in [5, 5.41) is 9.18. The third-order valence-electron chi connectivity index (χ3n) is 3.32. The van der Waals surface area contributed by atoms with Crippen LogP contribution >= 0.6 is 0 Å². The van der Waals surface area contributed by atoms with Crippen LogP contribution in [0.1, 0.15) is 10.4 Å². The molecule has 1 aromatic heterocycles. The molecule has 0 aliphatic heterocycles. The molecule has 0 aliphatic carbocycles. The lowest BCUT2D eigenvalue weighted by Crippen LogP contribution is -2.22. The van der Waals surface area contributed by atoms with Gasteiger partial charge >= 0.3 is 5.97 Å². The second kappa shape index (κ2) is 5.07. The fourth-order valence-corrected chi connectivity index (χ4v) is 2.33. The summed E-state index contributed by atoms with van der Waals surface area (Å²) in [4.78, 5) is 23.3. The summed E-state index contributed by atoms with van der Waals surface area (Å²) in [5.74, 6) is -3.35. The summed E-state index contributed by atoms with van der Waals surface area (Å²) in [7, 11) is 0. The van der Waals surface area contributed by atoms with Crippen LogP contribution in [0, 0.1) is 11.8 Å². The average molecular weight is 301 g/mol. The molecule has 0 radical (unpaired) electrons. The van der Waals surface area contributed by atoms with Crippen LogP contribution in [0.2, 0.25) is 0 Å². The number of fused-ring (bicyclic) bond motifs is 1. The summed E-state index contributed by atoms with van der Waals surface area (Å²) in [6.45, 7) is 0. The molecule has 3 rings (SSSR count). The van der Waals surface area contributed by atoms with Gasteiger partial charge in [-0.1, -0.05) is 12.1 Å². The van der Waals surface area contributed by atoms with Crippen LogP contribution in [0.5, 0.6) is 0 Å². The Morgan fingerprint density at radius 3 is 2.27 bits per heavy atom. The monoisotopic (exact) mass is 301 g/mol. The highest BCUT2D eigenvalue weighted by molar-refractivity contribution is 5.93. The van der Waals surface area contributed by atoms with Gasteiger partial charge in [-0.2, -0.15) is 4.39 Å². The molecule has 4 nitrogen and oxygen atoms in total. The molecule has 0 aliphatic rings. The van der Waals surface area contributed by atoms with Crippen LogP contribution < -0.4 is 5.43 Å². The zero-order valence-corrected chi connectivity index (χ0v) is 11.1. The van der Waals surface area contributed by atoms with Gasteiger partial charge < -0.3 is 5.11 Å². The van der Waals surface area contributed by atoms with E-state index >= 15 is 0 Å². The first kappa shape index (κ1) is 13.9. The fourth-order valence-electron chi connectivity index (χ4n) is 2.33. The lowest BCUT2D eigenvalue weighted by atomic mass is 10.1. The van der Waals surface area contributed by atoms with Crippen molar-refractivity contribution in [2.24, 2.45) is 0 Å². The molecule has 6 heteroatoms. The van der Waals surface area contributed by atoms with Gasteiger partial charge in [0, 0.05) is 11.1 Å². The standard InChI is InChI=1S/C16H9F2NO3/c17-9-5-7-10(8-6-9)19-12-4-2-1-3-11(12)14(20)13(15(19)18)16(21)22/h1-8H,(H,21,22). The third-order valence-corrected chi connectivity index (χ3v) is 3.32. The number of hydrogen-bond acceptors (Lipinski definition) is 2. The van der Waals surface area contributed by atoms with Gasteiger partial charge in [0.05, 0.1) is 5.52 Å². The number of hydrogen-bond donors (Lipinski definition) is 1. The van der Waals surface area contributed by atoms with Crippen molar-refractivity contribution in [1.29, 1.82) is 0 Å². The van der Waals surface area contributed by atoms with E-state index in [9.17, 15) is 18.4 Å². The average Bonchev–Trinajstić information content (AvgIpc) is 2.49. The van der Waals surface area contributed by atoms with Gasteiger partial charge in [-0.05, 0) is 36.4 Å². The molecule has 2 aromatic carbocycles. The number of halogens is 2. The van der Waals surface area contributed by atoms with Crippen molar-refractivity contribution in [3.05, 3.63) is 76.1 Å². The van der Waals surface area contributed by atoms with Crippen LogP contribution in [0.15, 0.2) is 53.3 Å². The Hall–Kier alpha value is -3.02. The van der Waals surface area contributed by atoms with Gasteiger partial charge in [-0.15, -0.1) is 0 Å². The molecule has 0 amide bonds. The van der Waals surface area contributed by atoms with Gasteiger partial charge in [-0.3, -0.25) is 9.36 Å². The maximum atomic E-state index is 14.6. The van der Waals surface area contributed by atoms with Crippen LogP contribution in [-0.2, 0) is 0 Å². The lowest BCUT2D eigenvalue weighted by Gasteiger charge is -2.14. The fraction of sp³-hybridized carbons (Fsp3) is 0. The summed E-state index contributed by atoms with van der Waals surface area (Å²) in [6.07, 6.45) is 0. The number of aromatic carboxylic acids is 1. The van der Waals surface area contributed by atoms with Gasteiger partial charge in [-0.25, -0.2) is 9.18 Å². The minimum absolute atomic E-state index is 0.0747. The van der Waals surface area contributed by atoms with Crippen molar-refractivity contribution in [2.45, 2.75) is 0 Å². The minimum Gasteiger partial charge on any atom is -0.477 e. The molecule has 0 spiro atoms. The van der Waals surface area contributed by atoms with Crippen molar-refractivity contribution < 1.29 is 18.7 Å². The summed E-state index contributed by atoms with van der Waals surface area (Å²) in [5.41, 5.74) is -1.40. The van der Waals surface area contributed by atoms with Crippen LogP contribution in [0.3, 0.4) is 0 Å². The van der Waals surface area contributed by atoms with Crippen LogP contribution in [-0.4, -0.2) is 15.6 Å². The molecule has 3 aromatic rings. The first-order valence-electron chi connectivity index (χ1n) is 6.33. The van der Waals surface area contributed by atoms with E-state index in [-0.39, 0.29) is 16.6 Å². The van der Waals surface area contributed by atoms with E-state index in [0.29, 0.717) is 0 Å². The van der Waals surface area contributed by atoms with Gasteiger partial charge in [0.15, 0.2) is 5.56 Å². The molecule has 1 N–H and O–H groups in total. The molecular formula is C16H9F2NO3.